The zero-order chi connectivity index (χ0) is 10.6. The molecule has 2 N–H and O–H groups in total. The summed E-state index contributed by atoms with van der Waals surface area (Å²) in [7, 11) is 0. The maximum atomic E-state index is 11.8. The molecule has 0 amide bonds. The van der Waals surface area contributed by atoms with Crippen LogP contribution in [0.3, 0.4) is 0 Å². The van der Waals surface area contributed by atoms with Crippen molar-refractivity contribution in [1.82, 2.24) is 0 Å². The zero-order valence-electron chi connectivity index (χ0n) is 8.64. The summed E-state index contributed by atoms with van der Waals surface area (Å²) in [5.74, 6) is 0.684. The van der Waals surface area contributed by atoms with Crippen molar-refractivity contribution in [3.05, 3.63) is 23.3 Å². The van der Waals surface area contributed by atoms with Crippen LogP contribution in [0.15, 0.2) is 12.1 Å². The van der Waals surface area contributed by atoms with Crippen LogP contribution >= 0.6 is 0 Å². The largest absolute Gasteiger partial charge is 0.491 e. The molecule has 0 saturated carbocycles. The van der Waals surface area contributed by atoms with E-state index in [2.05, 4.69) is 0 Å². The van der Waals surface area contributed by atoms with E-state index in [0.29, 0.717) is 24.5 Å². The predicted molar refractivity (Wildman–Crippen MR) is 56.4 cm³/mol. The zero-order valence-corrected chi connectivity index (χ0v) is 8.64. The second kappa shape index (κ2) is 4.84. The summed E-state index contributed by atoms with van der Waals surface area (Å²) in [5, 5.41) is 0. The van der Waals surface area contributed by atoms with Gasteiger partial charge in [-0.3, -0.25) is 4.39 Å². The van der Waals surface area contributed by atoms with Crippen molar-refractivity contribution in [2.45, 2.75) is 20.3 Å². The highest BCUT2D eigenvalue weighted by molar-refractivity contribution is 5.58. The van der Waals surface area contributed by atoms with E-state index in [-0.39, 0.29) is 6.67 Å². The predicted octanol–water partition coefficient (Wildman–Crippen LogP) is 2.62. The monoisotopic (exact) mass is 197 g/mol. The Morgan fingerprint density at radius 1 is 1.36 bits per heavy atom. The lowest BCUT2D eigenvalue weighted by Gasteiger charge is -2.11. The first-order chi connectivity index (χ1) is 6.65. The Balaban J connectivity index is 2.75. The van der Waals surface area contributed by atoms with Gasteiger partial charge in [-0.1, -0.05) is 6.07 Å². The van der Waals surface area contributed by atoms with Gasteiger partial charge in [0.15, 0.2) is 0 Å². The lowest BCUT2D eigenvalue weighted by molar-refractivity contribution is 0.289. The topological polar surface area (TPSA) is 35.2 Å². The van der Waals surface area contributed by atoms with Gasteiger partial charge in [-0.25, -0.2) is 0 Å². The van der Waals surface area contributed by atoms with Crippen molar-refractivity contribution >= 4 is 5.69 Å². The van der Waals surface area contributed by atoms with Crippen LogP contribution in [0.1, 0.15) is 17.5 Å². The molecule has 0 saturated heterocycles. The molecule has 0 fully saturated rings. The molecule has 1 aromatic rings. The summed E-state index contributed by atoms with van der Waals surface area (Å²) in [4.78, 5) is 0. The van der Waals surface area contributed by atoms with Crippen molar-refractivity contribution in [1.29, 1.82) is 0 Å². The number of hydrogen-bond acceptors (Lipinski definition) is 2. The number of rotatable bonds is 4. The molecule has 1 aromatic carbocycles. The van der Waals surface area contributed by atoms with E-state index in [1.54, 1.807) is 0 Å². The van der Waals surface area contributed by atoms with Crippen molar-refractivity contribution in [2.24, 2.45) is 0 Å². The first kappa shape index (κ1) is 10.8. The van der Waals surface area contributed by atoms with Gasteiger partial charge in [0.05, 0.1) is 19.0 Å². The lowest BCUT2D eigenvalue weighted by Crippen LogP contribution is -2.03. The van der Waals surface area contributed by atoms with Gasteiger partial charge in [0.2, 0.25) is 0 Å². The van der Waals surface area contributed by atoms with Crippen molar-refractivity contribution in [3.8, 4) is 5.75 Å². The number of anilines is 1. The van der Waals surface area contributed by atoms with Gasteiger partial charge in [0.25, 0.3) is 0 Å². The smallest absolute Gasteiger partial charge is 0.145 e. The van der Waals surface area contributed by atoms with E-state index < -0.39 is 0 Å². The molecule has 0 aliphatic rings. The number of nitrogen functional groups attached to an aromatic ring is 1. The molecule has 78 valence electrons. The highest BCUT2D eigenvalue weighted by Crippen LogP contribution is 2.27. The number of benzene rings is 1. The quantitative estimate of drug-likeness (QED) is 0.595. The third-order valence-electron chi connectivity index (χ3n) is 1.97. The second-order valence-electron chi connectivity index (χ2n) is 3.39. The average molecular weight is 197 g/mol. The van der Waals surface area contributed by atoms with E-state index in [1.807, 2.05) is 26.0 Å². The minimum atomic E-state index is -0.356. The second-order valence-corrected chi connectivity index (χ2v) is 3.39. The summed E-state index contributed by atoms with van der Waals surface area (Å²) in [6.07, 6.45) is 0.409. The van der Waals surface area contributed by atoms with Crippen LogP contribution in [0, 0.1) is 13.8 Å². The lowest BCUT2D eigenvalue weighted by atomic mass is 10.1. The summed E-state index contributed by atoms with van der Waals surface area (Å²) in [6, 6.07) is 3.86. The van der Waals surface area contributed by atoms with Gasteiger partial charge in [-0.15, -0.1) is 0 Å². The van der Waals surface area contributed by atoms with Crippen LogP contribution in [0.25, 0.3) is 0 Å². The number of alkyl halides is 1. The number of aryl methyl sites for hydroxylation is 2. The number of halogens is 1. The summed E-state index contributed by atoms with van der Waals surface area (Å²) in [5.41, 5.74) is 8.52. The molecule has 0 unspecified atom stereocenters. The van der Waals surface area contributed by atoms with Crippen molar-refractivity contribution < 1.29 is 9.13 Å². The van der Waals surface area contributed by atoms with E-state index in [9.17, 15) is 4.39 Å². The van der Waals surface area contributed by atoms with Crippen LogP contribution < -0.4 is 10.5 Å². The maximum Gasteiger partial charge on any atom is 0.145 e. The summed E-state index contributed by atoms with van der Waals surface area (Å²) < 4.78 is 17.2. The number of ether oxygens (including phenoxy) is 1. The third-order valence-corrected chi connectivity index (χ3v) is 1.97. The molecule has 0 aromatic heterocycles. The molecular formula is C11H16FNO. The molecule has 0 atom stereocenters. The van der Waals surface area contributed by atoms with Crippen LogP contribution in [-0.2, 0) is 0 Å². The number of hydrogen-bond donors (Lipinski definition) is 1. The molecule has 0 aliphatic carbocycles. The van der Waals surface area contributed by atoms with Gasteiger partial charge in [0.1, 0.15) is 5.75 Å². The Hall–Kier alpha value is -1.25. The Labute approximate surface area is 83.9 Å². The van der Waals surface area contributed by atoms with Gasteiger partial charge < -0.3 is 10.5 Å². The molecule has 14 heavy (non-hydrogen) atoms. The van der Waals surface area contributed by atoms with Gasteiger partial charge in [-0.05, 0) is 31.0 Å². The van der Waals surface area contributed by atoms with E-state index in [4.69, 9.17) is 10.5 Å². The average Bonchev–Trinajstić information content (AvgIpc) is 2.09. The van der Waals surface area contributed by atoms with E-state index in [1.165, 1.54) is 0 Å². The molecule has 0 bridgehead atoms. The Morgan fingerprint density at radius 2 is 2.07 bits per heavy atom. The molecular weight excluding hydrogens is 181 g/mol. The molecule has 0 heterocycles. The fraction of sp³-hybridized carbons (Fsp3) is 0.455. The van der Waals surface area contributed by atoms with E-state index >= 15 is 0 Å². The Kier molecular flexibility index (Phi) is 3.74. The van der Waals surface area contributed by atoms with Crippen LogP contribution in [-0.4, -0.2) is 13.3 Å². The molecule has 3 heteroatoms. The van der Waals surface area contributed by atoms with Crippen molar-refractivity contribution in [2.75, 3.05) is 19.0 Å². The normalized spacial score (nSPS) is 10.2. The fourth-order valence-corrected chi connectivity index (χ4v) is 1.41. The summed E-state index contributed by atoms with van der Waals surface area (Å²) in [6.45, 7) is 3.94. The highest BCUT2D eigenvalue weighted by Gasteiger charge is 2.04. The van der Waals surface area contributed by atoms with Gasteiger partial charge in [-0.2, -0.15) is 0 Å². The Morgan fingerprint density at radius 3 is 2.64 bits per heavy atom. The maximum absolute atomic E-state index is 11.8. The first-order valence-electron chi connectivity index (χ1n) is 4.70. The standard InChI is InChI=1S/C11H16FNO/c1-8-6-9(2)11(10(13)7-8)14-5-3-4-12/h6-7H,3-5,13H2,1-2H3. The summed E-state index contributed by atoms with van der Waals surface area (Å²) >= 11 is 0. The van der Waals surface area contributed by atoms with Crippen LogP contribution in [0.2, 0.25) is 0 Å². The molecule has 2 nitrogen and oxygen atoms in total. The van der Waals surface area contributed by atoms with Gasteiger partial charge >= 0.3 is 0 Å². The first-order valence-corrected chi connectivity index (χ1v) is 4.70. The third kappa shape index (κ3) is 2.62. The number of nitrogens with two attached hydrogens (primary N) is 1. The Bertz CT molecular complexity index is 289. The molecule has 0 spiro atoms. The van der Waals surface area contributed by atoms with Crippen molar-refractivity contribution in [3.63, 3.8) is 0 Å². The minimum Gasteiger partial charge on any atom is -0.491 e. The molecule has 1 rings (SSSR count). The molecule has 0 radical (unpaired) electrons. The minimum absolute atomic E-state index is 0.356. The fourth-order valence-electron chi connectivity index (χ4n) is 1.41. The SMILES string of the molecule is Cc1cc(C)c(OCCCF)c(N)c1. The van der Waals surface area contributed by atoms with Crippen LogP contribution in [0.4, 0.5) is 10.1 Å². The molecule has 0 aliphatic heterocycles. The van der Waals surface area contributed by atoms with E-state index in [0.717, 1.165) is 11.1 Å². The highest BCUT2D eigenvalue weighted by atomic mass is 19.1. The van der Waals surface area contributed by atoms with Crippen LogP contribution in [0.5, 0.6) is 5.75 Å². The van der Waals surface area contributed by atoms with Gasteiger partial charge in [0, 0.05) is 6.42 Å².